The van der Waals surface area contributed by atoms with Gasteiger partial charge >= 0.3 is 0 Å². The van der Waals surface area contributed by atoms with Crippen molar-refractivity contribution in [1.82, 2.24) is 9.80 Å². The Bertz CT molecular complexity index is 1440. The summed E-state index contributed by atoms with van der Waals surface area (Å²) < 4.78 is 25.7. The van der Waals surface area contributed by atoms with Crippen LogP contribution in [0.2, 0.25) is 10.0 Å². The molecule has 1 spiro atoms. The summed E-state index contributed by atoms with van der Waals surface area (Å²) in [5.74, 6) is 0.312. The standard InChI is InChI=1S/C31H34Cl2N2O3S/c1-2-35(30(36)23-8-4-3-5-9-23)21-25(24-12-13-27(32)28(33)20-24)14-17-34-18-15-31(16-19-34)22-39(37,38)29-11-7-6-10-26(29)31/h3-13,20,25H,2,14-19,21-22H2,1H3/t25-/m1/s1. The van der Waals surface area contributed by atoms with Crippen molar-refractivity contribution in [3.05, 3.63) is 99.5 Å². The van der Waals surface area contributed by atoms with E-state index in [0.717, 1.165) is 50.0 Å². The molecular formula is C31H34Cl2N2O3S. The lowest BCUT2D eigenvalue weighted by atomic mass is 9.74. The first-order chi connectivity index (χ1) is 18.7. The van der Waals surface area contributed by atoms with Crippen LogP contribution in [0.25, 0.3) is 0 Å². The summed E-state index contributed by atoms with van der Waals surface area (Å²) in [7, 11) is -3.23. The second kappa shape index (κ2) is 11.6. The number of piperidine rings is 1. The molecule has 1 atom stereocenters. The van der Waals surface area contributed by atoms with Gasteiger partial charge < -0.3 is 9.80 Å². The number of carbonyl (C=O) groups excluding carboxylic acids is 1. The Morgan fingerprint density at radius 2 is 1.67 bits per heavy atom. The molecule has 8 heteroatoms. The third-order valence-corrected chi connectivity index (χ3v) is 11.1. The minimum absolute atomic E-state index is 0.0178. The van der Waals surface area contributed by atoms with E-state index in [-0.39, 0.29) is 23.0 Å². The van der Waals surface area contributed by atoms with Gasteiger partial charge in [0.05, 0.1) is 20.7 Å². The quantitative estimate of drug-likeness (QED) is 0.305. The SMILES string of the molecule is CCN(C[C@@H](CCN1CCC2(CC1)CS(=O)(=O)c1ccccc12)c1ccc(Cl)c(Cl)c1)C(=O)c1ccccc1. The molecule has 39 heavy (non-hydrogen) atoms. The van der Waals surface area contributed by atoms with Crippen molar-refractivity contribution >= 4 is 38.9 Å². The van der Waals surface area contributed by atoms with E-state index in [1.54, 1.807) is 6.07 Å². The molecule has 0 saturated carbocycles. The maximum atomic E-state index is 13.3. The maximum absolute atomic E-state index is 13.3. The molecule has 5 nitrogen and oxygen atoms in total. The van der Waals surface area contributed by atoms with E-state index in [1.165, 1.54) is 0 Å². The van der Waals surface area contributed by atoms with Crippen molar-refractivity contribution < 1.29 is 13.2 Å². The number of benzene rings is 3. The fourth-order valence-electron chi connectivity index (χ4n) is 6.17. The van der Waals surface area contributed by atoms with Crippen LogP contribution in [0, 0.1) is 0 Å². The third kappa shape index (κ3) is 5.90. The number of amides is 1. The number of likely N-dealkylation sites (tertiary alicyclic amines) is 1. The van der Waals surface area contributed by atoms with Crippen LogP contribution >= 0.6 is 23.2 Å². The first kappa shape index (κ1) is 28.2. The Balaban J connectivity index is 1.29. The van der Waals surface area contributed by atoms with Crippen LogP contribution in [0.1, 0.15) is 53.6 Å². The van der Waals surface area contributed by atoms with Crippen LogP contribution in [0.3, 0.4) is 0 Å². The zero-order valence-corrected chi connectivity index (χ0v) is 24.5. The average Bonchev–Trinajstić information content (AvgIpc) is 3.17. The van der Waals surface area contributed by atoms with Crippen LogP contribution in [0.4, 0.5) is 0 Å². The molecular weight excluding hydrogens is 551 g/mol. The van der Waals surface area contributed by atoms with Gasteiger partial charge in [-0.05, 0) is 87.3 Å². The lowest BCUT2D eigenvalue weighted by molar-refractivity contribution is 0.0748. The average molecular weight is 586 g/mol. The summed E-state index contributed by atoms with van der Waals surface area (Å²) in [6.45, 7) is 5.73. The van der Waals surface area contributed by atoms with Crippen LogP contribution in [0.5, 0.6) is 0 Å². The van der Waals surface area contributed by atoms with Crippen molar-refractivity contribution in [1.29, 1.82) is 0 Å². The summed E-state index contributed by atoms with van der Waals surface area (Å²) >= 11 is 12.6. The lowest BCUT2D eigenvalue weighted by Gasteiger charge is -2.40. The molecule has 0 unspecified atom stereocenters. The van der Waals surface area contributed by atoms with Gasteiger partial charge in [-0.3, -0.25) is 4.79 Å². The minimum atomic E-state index is -3.23. The summed E-state index contributed by atoms with van der Waals surface area (Å²) in [5.41, 5.74) is 2.46. The number of fused-ring (bicyclic) bond motifs is 2. The molecule has 2 heterocycles. The molecule has 3 aromatic carbocycles. The largest absolute Gasteiger partial charge is 0.338 e. The molecule has 0 N–H and O–H groups in total. The molecule has 5 rings (SSSR count). The molecule has 2 aliphatic rings. The number of halogens is 2. The Morgan fingerprint density at radius 3 is 2.36 bits per heavy atom. The Hall–Kier alpha value is -2.38. The number of rotatable bonds is 8. The molecule has 1 fully saturated rings. The van der Waals surface area contributed by atoms with Crippen molar-refractivity contribution in [3.63, 3.8) is 0 Å². The number of sulfone groups is 1. The zero-order valence-electron chi connectivity index (χ0n) is 22.2. The predicted molar refractivity (Wildman–Crippen MR) is 158 cm³/mol. The summed E-state index contributed by atoms with van der Waals surface area (Å²) in [4.78, 5) is 18.1. The molecule has 206 valence electrons. The van der Waals surface area contributed by atoms with E-state index in [9.17, 15) is 13.2 Å². The van der Waals surface area contributed by atoms with Crippen molar-refractivity contribution in [2.24, 2.45) is 0 Å². The van der Waals surface area contributed by atoms with E-state index >= 15 is 0 Å². The van der Waals surface area contributed by atoms with Crippen LogP contribution in [-0.4, -0.2) is 62.6 Å². The number of hydrogen-bond donors (Lipinski definition) is 0. The molecule has 0 bridgehead atoms. The Kier molecular flexibility index (Phi) is 8.39. The second-order valence-corrected chi connectivity index (χ2v) is 13.5. The van der Waals surface area contributed by atoms with Crippen molar-refractivity contribution in [3.8, 4) is 0 Å². The predicted octanol–water partition coefficient (Wildman–Crippen LogP) is 6.45. The highest BCUT2D eigenvalue weighted by Crippen LogP contribution is 2.46. The van der Waals surface area contributed by atoms with Crippen LogP contribution in [0.15, 0.2) is 77.7 Å². The third-order valence-electron chi connectivity index (χ3n) is 8.41. The van der Waals surface area contributed by atoms with Crippen molar-refractivity contribution in [2.45, 2.75) is 42.4 Å². The lowest BCUT2D eigenvalue weighted by Crippen LogP contribution is -2.44. The maximum Gasteiger partial charge on any atom is 0.253 e. The van der Waals surface area contributed by atoms with Gasteiger partial charge in [0.1, 0.15) is 0 Å². The molecule has 3 aromatic rings. The number of likely N-dealkylation sites (N-methyl/N-ethyl adjacent to an activating group) is 1. The summed E-state index contributed by atoms with van der Waals surface area (Å²) in [6.07, 6.45) is 2.50. The summed E-state index contributed by atoms with van der Waals surface area (Å²) in [5, 5.41) is 1.03. The van der Waals surface area contributed by atoms with Gasteiger partial charge in [0.2, 0.25) is 0 Å². The van der Waals surface area contributed by atoms with Gasteiger partial charge in [-0.25, -0.2) is 8.42 Å². The van der Waals surface area contributed by atoms with E-state index < -0.39 is 9.84 Å². The van der Waals surface area contributed by atoms with Gasteiger partial charge in [0.15, 0.2) is 9.84 Å². The van der Waals surface area contributed by atoms with Gasteiger partial charge in [0.25, 0.3) is 5.91 Å². The fourth-order valence-corrected chi connectivity index (χ4v) is 8.71. The van der Waals surface area contributed by atoms with Crippen molar-refractivity contribution in [2.75, 3.05) is 38.5 Å². The van der Waals surface area contributed by atoms with Gasteiger partial charge in [-0.15, -0.1) is 0 Å². The van der Waals surface area contributed by atoms with Crippen LogP contribution < -0.4 is 0 Å². The molecule has 1 amide bonds. The second-order valence-electron chi connectivity index (χ2n) is 10.7. The van der Waals surface area contributed by atoms with Gasteiger partial charge in [-0.1, -0.05) is 65.7 Å². The first-order valence-electron chi connectivity index (χ1n) is 13.6. The molecule has 0 aliphatic carbocycles. The minimum Gasteiger partial charge on any atom is -0.338 e. The van der Waals surface area contributed by atoms with E-state index in [2.05, 4.69) is 4.90 Å². The highest BCUT2D eigenvalue weighted by Gasteiger charge is 2.48. The Labute approximate surface area is 241 Å². The highest BCUT2D eigenvalue weighted by atomic mass is 35.5. The number of hydrogen-bond acceptors (Lipinski definition) is 4. The van der Waals surface area contributed by atoms with Gasteiger partial charge in [0, 0.05) is 30.0 Å². The fraction of sp³-hybridized carbons (Fsp3) is 0.387. The van der Waals surface area contributed by atoms with Gasteiger partial charge in [-0.2, -0.15) is 0 Å². The zero-order chi connectivity index (χ0) is 27.6. The van der Waals surface area contributed by atoms with E-state index in [1.807, 2.05) is 78.6 Å². The number of nitrogens with zero attached hydrogens (tertiary/aromatic N) is 2. The topological polar surface area (TPSA) is 57.7 Å². The monoisotopic (exact) mass is 584 g/mol. The molecule has 0 aromatic heterocycles. The molecule has 2 aliphatic heterocycles. The Morgan fingerprint density at radius 1 is 0.974 bits per heavy atom. The van der Waals surface area contributed by atoms with Crippen LogP contribution in [-0.2, 0) is 15.3 Å². The first-order valence-corrected chi connectivity index (χ1v) is 16.0. The highest BCUT2D eigenvalue weighted by molar-refractivity contribution is 7.91. The molecule has 1 saturated heterocycles. The summed E-state index contributed by atoms with van der Waals surface area (Å²) in [6, 6.07) is 22.6. The smallest absolute Gasteiger partial charge is 0.253 e. The van der Waals surface area contributed by atoms with E-state index in [0.29, 0.717) is 33.6 Å². The number of carbonyl (C=O) groups is 1. The normalized spacial score (nSPS) is 18.5. The molecule has 0 radical (unpaired) electrons. The van der Waals surface area contributed by atoms with E-state index in [4.69, 9.17) is 23.2 Å².